The zero-order valence-corrected chi connectivity index (χ0v) is 17.9. The lowest BCUT2D eigenvalue weighted by Crippen LogP contribution is -2.36. The van der Waals surface area contributed by atoms with Crippen molar-refractivity contribution in [3.63, 3.8) is 0 Å². The largest absolute Gasteiger partial charge is 0.308 e. The van der Waals surface area contributed by atoms with Crippen molar-refractivity contribution in [3.8, 4) is 0 Å². The minimum absolute atomic E-state index is 0. The Balaban J connectivity index is 0.00000243. The third-order valence-electron chi connectivity index (χ3n) is 4.17. The summed E-state index contributed by atoms with van der Waals surface area (Å²) in [6.45, 7) is 7.29. The first-order valence-corrected chi connectivity index (χ1v) is 9.59. The number of aryl methyl sites for hydroxylation is 3. The standard InChI is InChI=1S/C17H21N5OS2.ClH/c1-10-6-7-13-14(11(10)2)18-17(24-13)22(9-8-21(4)5)16(23)15-12(3)19-20-25-15;/h6-7H,8-9H2,1-5H3;1H. The van der Waals surface area contributed by atoms with Crippen molar-refractivity contribution >= 4 is 56.5 Å². The van der Waals surface area contributed by atoms with Crippen molar-refractivity contribution in [1.29, 1.82) is 0 Å². The number of benzene rings is 1. The summed E-state index contributed by atoms with van der Waals surface area (Å²) < 4.78 is 5.00. The molecule has 2 aromatic heterocycles. The maximum atomic E-state index is 13.1. The molecule has 0 radical (unpaired) electrons. The van der Waals surface area contributed by atoms with Crippen molar-refractivity contribution < 1.29 is 4.79 Å². The summed E-state index contributed by atoms with van der Waals surface area (Å²) in [5.74, 6) is -0.0808. The van der Waals surface area contributed by atoms with Crippen LogP contribution in [0.25, 0.3) is 10.2 Å². The van der Waals surface area contributed by atoms with E-state index in [9.17, 15) is 4.79 Å². The number of fused-ring (bicyclic) bond motifs is 1. The van der Waals surface area contributed by atoms with Gasteiger partial charge in [0.2, 0.25) is 0 Å². The number of carbonyl (C=O) groups is 1. The average Bonchev–Trinajstić information content (AvgIpc) is 3.17. The molecule has 0 N–H and O–H groups in total. The van der Waals surface area contributed by atoms with E-state index < -0.39 is 0 Å². The molecular formula is C17H22ClN5OS2. The van der Waals surface area contributed by atoms with Crippen LogP contribution in [-0.2, 0) is 0 Å². The van der Waals surface area contributed by atoms with Gasteiger partial charge in [-0.1, -0.05) is 21.9 Å². The maximum Gasteiger partial charge on any atom is 0.273 e. The second-order valence-corrected chi connectivity index (χ2v) is 8.06. The Labute approximate surface area is 167 Å². The predicted molar refractivity (Wildman–Crippen MR) is 111 cm³/mol. The van der Waals surface area contributed by atoms with E-state index in [0.717, 1.165) is 39.0 Å². The van der Waals surface area contributed by atoms with Crippen LogP contribution in [0.2, 0.25) is 0 Å². The molecule has 0 atom stereocenters. The lowest BCUT2D eigenvalue weighted by atomic mass is 10.1. The highest BCUT2D eigenvalue weighted by Crippen LogP contribution is 2.33. The number of carbonyl (C=O) groups excluding carboxylic acids is 1. The van der Waals surface area contributed by atoms with E-state index in [1.165, 1.54) is 5.56 Å². The van der Waals surface area contributed by atoms with E-state index in [0.29, 0.717) is 17.1 Å². The van der Waals surface area contributed by atoms with E-state index in [1.807, 2.05) is 21.0 Å². The smallest absolute Gasteiger partial charge is 0.273 e. The van der Waals surface area contributed by atoms with Crippen LogP contribution in [0.4, 0.5) is 5.13 Å². The maximum absolute atomic E-state index is 13.1. The number of anilines is 1. The zero-order chi connectivity index (χ0) is 18.1. The Morgan fingerprint density at radius 1 is 1.15 bits per heavy atom. The second kappa shape index (κ2) is 8.39. The summed E-state index contributed by atoms with van der Waals surface area (Å²) >= 11 is 2.69. The van der Waals surface area contributed by atoms with Crippen LogP contribution < -0.4 is 4.90 Å². The lowest BCUT2D eigenvalue weighted by molar-refractivity contribution is 0.0988. The summed E-state index contributed by atoms with van der Waals surface area (Å²) in [6.07, 6.45) is 0. The Bertz CT molecular complexity index is 921. The van der Waals surface area contributed by atoms with Gasteiger partial charge in [0, 0.05) is 13.1 Å². The monoisotopic (exact) mass is 411 g/mol. The highest BCUT2D eigenvalue weighted by molar-refractivity contribution is 7.22. The van der Waals surface area contributed by atoms with Crippen LogP contribution >= 0.6 is 35.3 Å². The van der Waals surface area contributed by atoms with Crippen LogP contribution in [0.15, 0.2) is 12.1 Å². The third kappa shape index (κ3) is 4.03. The fourth-order valence-electron chi connectivity index (χ4n) is 2.46. The van der Waals surface area contributed by atoms with Gasteiger partial charge in [-0.3, -0.25) is 9.69 Å². The number of rotatable bonds is 5. The van der Waals surface area contributed by atoms with Crippen LogP contribution in [0.5, 0.6) is 0 Å². The van der Waals surface area contributed by atoms with E-state index in [-0.39, 0.29) is 18.3 Å². The van der Waals surface area contributed by atoms with Crippen molar-refractivity contribution in [3.05, 3.63) is 33.8 Å². The molecule has 0 bridgehead atoms. The van der Waals surface area contributed by atoms with E-state index >= 15 is 0 Å². The molecular weight excluding hydrogens is 390 g/mol. The summed E-state index contributed by atoms with van der Waals surface area (Å²) in [7, 11) is 3.99. The number of likely N-dealkylation sites (N-methyl/N-ethyl adjacent to an activating group) is 1. The number of thiazole rings is 1. The number of nitrogens with zero attached hydrogens (tertiary/aromatic N) is 5. The molecule has 0 aliphatic carbocycles. The molecule has 2 heterocycles. The molecule has 0 saturated carbocycles. The molecule has 9 heteroatoms. The first-order chi connectivity index (χ1) is 11.9. The molecule has 3 rings (SSSR count). The van der Waals surface area contributed by atoms with E-state index in [2.05, 4.69) is 40.5 Å². The molecule has 140 valence electrons. The van der Waals surface area contributed by atoms with Crippen molar-refractivity contribution in [1.82, 2.24) is 19.5 Å². The molecule has 26 heavy (non-hydrogen) atoms. The molecule has 0 aliphatic rings. The summed E-state index contributed by atoms with van der Waals surface area (Å²) in [5, 5.41) is 4.70. The first kappa shape index (κ1) is 20.7. The third-order valence-corrected chi connectivity index (χ3v) is 6.03. The first-order valence-electron chi connectivity index (χ1n) is 8.00. The number of aromatic nitrogens is 3. The summed E-state index contributed by atoms with van der Waals surface area (Å²) in [5.41, 5.74) is 4.01. The van der Waals surface area contributed by atoms with Crippen molar-refractivity contribution in [2.75, 3.05) is 32.1 Å². The Morgan fingerprint density at radius 2 is 1.88 bits per heavy atom. The van der Waals surface area contributed by atoms with Gasteiger partial charge in [-0.25, -0.2) is 4.98 Å². The summed E-state index contributed by atoms with van der Waals surface area (Å²) in [6, 6.07) is 4.18. The number of hydrogen-bond acceptors (Lipinski definition) is 7. The lowest BCUT2D eigenvalue weighted by Gasteiger charge is -2.21. The Morgan fingerprint density at radius 3 is 2.50 bits per heavy atom. The average molecular weight is 412 g/mol. The van der Waals surface area contributed by atoms with Gasteiger partial charge in [-0.2, -0.15) is 0 Å². The van der Waals surface area contributed by atoms with Crippen LogP contribution in [-0.4, -0.2) is 52.6 Å². The SMILES string of the molecule is Cc1ccc2sc(N(CCN(C)C)C(=O)c3snnc3C)nc2c1C.Cl. The van der Waals surface area contributed by atoms with Gasteiger partial charge in [0.05, 0.1) is 15.9 Å². The quantitative estimate of drug-likeness (QED) is 0.640. The van der Waals surface area contributed by atoms with Gasteiger partial charge < -0.3 is 4.90 Å². The van der Waals surface area contributed by atoms with Gasteiger partial charge in [0.15, 0.2) is 5.13 Å². The Hall–Kier alpha value is -1.61. The van der Waals surface area contributed by atoms with E-state index in [4.69, 9.17) is 4.98 Å². The second-order valence-electron chi connectivity index (χ2n) is 6.30. The minimum Gasteiger partial charge on any atom is -0.308 e. The normalized spacial score (nSPS) is 11.0. The molecule has 0 saturated heterocycles. The van der Waals surface area contributed by atoms with Crippen LogP contribution in [0.3, 0.4) is 0 Å². The van der Waals surface area contributed by atoms with Gasteiger partial charge in [-0.05, 0) is 63.6 Å². The topological polar surface area (TPSA) is 62.2 Å². The van der Waals surface area contributed by atoms with Gasteiger partial charge in [0.25, 0.3) is 5.91 Å². The minimum atomic E-state index is -0.0808. The molecule has 0 fully saturated rings. The van der Waals surface area contributed by atoms with Crippen LogP contribution in [0.1, 0.15) is 26.5 Å². The fourth-order valence-corrected chi connectivity index (χ4v) is 4.12. The molecule has 0 unspecified atom stereocenters. The molecule has 1 aromatic carbocycles. The van der Waals surface area contributed by atoms with Crippen LogP contribution in [0, 0.1) is 20.8 Å². The molecule has 0 aliphatic heterocycles. The number of hydrogen-bond donors (Lipinski definition) is 0. The fraction of sp³-hybridized carbons (Fsp3) is 0.412. The highest BCUT2D eigenvalue weighted by atomic mass is 35.5. The van der Waals surface area contributed by atoms with Gasteiger partial charge in [-0.15, -0.1) is 17.5 Å². The molecule has 0 spiro atoms. The number of amides is 1. The number of halogens is 1. The highest BCUT2D eigenvalue weighted by Gasteiger charge is 2.25. The zero-order valence-electron chi connectivity index (χ0n) is 15.4. The molecule has 6 nitrogen and oxygen atoms in total. The predicted octanol–water partition coefficient (Wildman–Crippen LogP) is 3.70. The van der Waals surface area contributed by atoms with E-state index in [1.54, 1.807) is 16.2 Å². The summed E-state index contributed by atoms with van der Waals surface area (Å²) in [4.78, 5) is 22.2. The van der Waals surface area contributed by atoms with Gasteiger partial charge in [0.1, 0.15) is 4.88 Å². The molecule has 3 aromatic rings. The molecule has 1 amide bonds. The van der Waals surface area contributed by atoms with Crippen molar-refractivity contribution in [2.45, 2.75) is 20.8 Å². The van der Waals surface area contributed by atoms with Crippen molar-refractivity contribution in [2.24, 2.45) is 0 Å². The van der Waals surface area contributed by atoms with Gasteiger partial charge >= 0.3 is 0 Å². The Kier molecular flexibility index (Phi) is 6.68.